The lowest BCUT2D eigenvalue weighted by molar-refractivity contribution is -0.121. The first-order chi connectivity index (χ1) is 11.0. The van der Waals surface area contributed by atoms with Crippen molar-refractivity contribution in [3.05, 3.63) is 17.0 Å². The smallest absolute Gasteiger partial charge is 0.252 e. The molecular formula is C15H25N3O3S2. The van der Waals surface area contributed by atoms with E-state index < -0.39 is 10.0 Å². The van der Waals surface area contributed by atoms with E-state index in [2.05, 4.69) is 5.32 Å². The van der Waals surface area contributed by atoms with Crippen LogP contribution in [0.4, 0.5) is 0 Å². The van der Waals surface area contributed by atoms with Gasteiger partial charge in [0.25, 0.3) is 10.0 Å². The van der Waals surface area contributed by atoms with Crippen molar-refractivity contribution in [1.82, 2.24) is 9.62 Å². The molecule has 0 radical (unpaired) electrons. The molecule has 1 fully saturated rings. The SMILES string of the molecule is NCCCC(=O)NCCc1ccc(S(=O)(=O)N2CCCCC2)s1. The molecule has 1 aliphatic heterocycles. The summed E-state index contributed by atoms with van der Waals surface area (Å²) in [6.45, 7) is 2.27. The van der Waals surface area contributed by atoms with Gasteiger partial charge in [-0.25, -0.2) is 8.42 Å². The molecule has 0 saturated carbocycles. The molecule has 6 nitrogen and oxygen atoms in total. The summed E-state index contributed by atoms with van der Waals surface area (Å²) >= 11 is 1.30. The van der Waals surface area contributed by atoms with Crippen LogP contribution in [0.1, 0.15) is 37.0 Å². The average Bonchev–Trinajstić information content (AvgIpc) is 3.03. The Morgan fingerprint density at radius 1 is 1.26 bits per heavy atom. The van der Waals surface area contributed by atoms with Crippen molar-refractivity contribution in [2.75, 3.05) is 26.2 Å². The largest absolute Gasteiger partial charge is 0.356 e. The van der Waals surface area contributed by atoms with E-state index in [0.717, 1.165) is 24.1 Å². The highest BCUT2D eigenvalue weighted by Crippen LogP contribution is 2.27. The summed E-state index contributed by atoms with van der Waals surface area (Å²) in [5.74, 6) is -0.00633. The maximum absolute atomic E-state index is 12.6. The molecule has 0 aromatic carbocycles. The molecule has 130 valence electrons. The van der Waals surface area contributed by atoms with Gasteiger partial charge in [0.1, 0.15) is 4.21 Å². The maximum Gasteiger partial charge on any atom is 0.252 e. The van der Waals surface area contributed by atoms with E-state index >= 15 is 0 Å². The van der Waals surface area contributed by atoms with E-state index in [9.17, 15) is 13.2 Å². The number of nitrogens with two attached hydrogens (primary N) is 1. The van der Waals surface area contributed by atoms with Crippen molar-refractivity contribution in [1.29, 1.82) is 0 Å². The Morgan fingerprint density at radius 2 is 2.00 bits per heavy atom. The summed E-state index contributed by atoms with van der Waals surface area (Å²) < 4.78 is 27.1. The van der Waals surface area contributed by atoms with Crippen molar-refractivity contribution >= 4 is 27.3 Å². The molecular weight excluding hydrogens is 334 g/mol. The lowest BCUT2D eigenvalue weighted by atomic mass is 10.2. The first-order valence-corrected chi connectivity index (χ1v) is 10.4. The van der Waals surface area contributed by atoms with Crippen LogP contribution >= 0.6 is 11.3 Å². The highest BCUT2D eigenvalue weighted by molar-refractivity contribution is 7.91. The highest BCUT2D eigenvalue weighted by Gasteiger charge is 2.27. The van der Waals surface area contributed by atoms with E-state index in [1.165, 1.54) is 11.3 Å². The summed E-state index contributed by atoms with van der Waals surface area (Å²) in [4.78, 5) is 12.5. The van der Waals surface area contributed by atoms with Gasteiger partial charge >= 0.3 is 0 Å². The summed E-state index contributed by atoms with van der Waals surface area (Å²) in [5.41, 5.74) is 5.36. The fourth-order valence-electron chi connectivity index (χ4n) is 2.54. The number of nitrogens with zero attached hydrogens (tertiary/aromatic N) is 1. The van der Waals surface area contributed by atoms with Crippen LogP contribution in [0.25, 0.3) is 0 Å². The van der Waals surface area contributed by atoms with Gasteiger partial charge in [0.05, 0.1) is 0 Å². The van der Waals surface area contributed by atoms with Crippen molar-refractivity contribution in [2.24, 2.45) is 5.73 Å². The number of thiophene rings is 1. The van der Waals surface area contributed by atoms with Gasteiger partial charge < -0.3 is 11.1 Å². The third-order valence-electron chi connectivity index (χ3n) is 3.85. The van der Waals surface area contributed by atoms with Crippen molar-refractivity contribution in [3.8, 4) is 0 Å². The zero-order chi connectivity index (χ0) is 16.7. The Balaban J connectivity index is 1.86. The van der Waals surface area contributed by atoms with Crippen molar-refractivity contribution in [2.45, 2.75) is 42.7 Å². The molecule has 2 heterocycles. The van der Waals surface area contributed by atoms with Crippen molar-refractivity contribution < 1.29 is 13.2 Å². The van der Waals surface area contributed by atoms with Gasteiger partial charge in [0.2, 0.25) is 5.91 Å². The summed E-state index contributed by atoms with van der Waals surface area (Å²) in [7, 11) is -3.34. The zero-order valence-corrected chi connectivity index (χ0v) is 14.9. The van der Waals surface area contributed by atoms with E-state index in [1.54, 1.807) is 10.4 Å². The van der Waals surface area contributed by atoms with E-state index in [4.69, 9.17) is 5.73 Å². The van der Waals surface area contributed by atoms with Gasteiger partial charge in [-0.05, 0) is 44.4 Å². The molecule has 1 saturated heterocycles. The summed E-state index contributed by atoms with van der Waals surface area (Å²) in [6.07, 6.45) is 4.75. The van der Waals surface area contributed by atoms with Crippen molar-refractivity contribution in [3.63, 3.8) is 0 Å². The number of rotatable bonds is 8. The lowest BCUT2D eigenvalue weighted by Gasteiger charge is -2.25. The van der Waals surface area contributed by atoms with Gasteiger partial charge in [-0.2, -0.15) is 4.31 Å². The fraction of sp³-hybridized carbons (Fsp3) is 0.667. The minimum atomic E-state index is -3.34. The molecule has 1 aromatic rings. The van der Waals surface area contributed by atoms with E-state index in [1.807, 2.05) is 6.07 Å². The normalized spacial score (nSPS) is 16.4. The van der Waals surface area contributed by atoms with Gasteiger partial charge in [-0.15, -0.1) is 11.3 Å². The standard InChI is InChI=1S/C15H25N3O3S2/c16-9-4-5-14(19)17-10-8-13-6-7-15(22-13)23(20,21)18-11-2-1-3-12-18/h6-7H,1-5,8-12,16H2,(H,17,19). The maximum atomic E-state index is 12.6. The number of piperidine rings is 1. The summed E-state index contributed by atoms with van der Waals surface area (Å²) in [5, 5.41) is 2.83. The first kappa shape index (κ1) is 18.4. The third kappa shape index (κ3) is 5.27. The second kappa shape index (κ2) is 8.77. The second-order valence-corrected chi connectivity index (χ2v) is 9.01. The molecule has 1 aliphatic rings. The van der Waals surface area contributed by atoms with Gasteiger partial charge in [-0.1, -0.05) is 6.42 Å². The van der Waals surface area contributed by atoms with Crippen LogP contribution in [0.5, 0.6) is 0 Å². The molecule has 1 amide bonds. The van der Waals surface area contributed by atoms with Gasteiger partial charge in [0.15, 0.2) is 0 Å². The predicted octanol–water partition coefficient (Wildman–Crippen LogP) is 1.32. The average molecular weight is 360 g/mol. The molecule has 2 rings (SSSR count). The summed E-state index contributed by atoms with van der Waals surface area (Å²) in [6, 6.07) is 3.52. The predicted molar refractivity (Wildman–Crippen MR) is 91.9 cm³/mol. The minimum absolute atomic E-state index is 0.00633. The molecule has 0 aliphatic carbocycles. The van der Waals surface area contributed by atoms with Crippen LogP contribution in [0.3, 0.4) is 0 Å². The highest BCUT2D eigenvalue weighted by atomic mass is 32.2. The number of carbonyl (C=O) groups is 1. The zero-order valence-electron chi connectivity index (χ0n) is 13.3. The first-order valence-electron chi connectivity index (χ1n) is 8.09. The van der Waals surface area contributed by atoms with Crippen LogP contribution in [0.2, 0.25) is 0 Å². The monoisotopic (exact) mass is 359 g/mol. The molecule has 0 spiro atoms. The minimum Gasteiger partial charge on any atom is -0.356 e. The van der Waals surface area contributed by atoms with Crippen LogP contribution < -0.4 is 11.1 Å². The number of nitrogens with one attached hydrogen (secondary N) is 1. The van der Waals surface area contributed by atoms with Crippen LogP contribution in [0, 0.1) is 0 Å². The topological polar surface area (TPSA) is 92.5 Å². The Labute approximate surface area is 142 Å². The number of hydrogen-bond donors (Lipinski definition) is 2. The Bertz CT molecular complexity index is 607. The van der Waals surface area contributed by atoms with E-state index in [-0.39, 0.29) is 5.91 Å². The number of amides is 1. The fourth-order valence-corrected chi connectivity index (χ4v) is 5.57. The van der Waals surface area contributed by atoms with Gasteiger partial charge in [0, 0.05) is 30.9 Å². The number of carbonyl (C=O) groups excluding carboxylic acids is 1. The molecule has 3 N–H and O–H groups in total. The molecule has 1 aromatic heterocycles. The van der Waals surface area contributed by atoms with Crippen LogP contribution in [0.15, 0.2) is 16.3 Å². The Hall–Kier alpha value is -0.960. The number of hydrogen-bond acceptors (Lipinski definition) is 5. The third-order valence-corrected chi connectivity index (χ3v) is 7.36. The lowest BCUT2D eigenvalue weighted by Crippen LogP contribution is -2.35. The Morgan fingerprint density at radius 3 is 2.70 bits per heavy atom. The molecule has 23 heavy (non-hydrogen) atoms. The van der Waals surface area contributed by atoms with Crippen LogP contribution in [-0.2, 0) is 21.2 Å². The van der Waals surface area contributed by atoms with Gasteiger partial charge in [-0.3, -0.25) is 4.79 Å². The van der Waals surface area contributed by atoms with E-state index in [0.29, 0.717) is 49.7 Å². The molecule has 0 unspecified atom stereocenters. The second-order valence-electron chi connectivity index (χ2n) is 5.68. The number of sulfonamides is 1. The molecule has 0 bridgehead atoms. The van der Waals surface area contributed by atoms with Crippen LogP contribution in [-0.4, -0.2) is 44.8 Å². The Kier molecular flexibility index (Phi) is 7.01. The molecule has 0 atom stereocenters. The quantitative estimate of drug-likeness (QED) is 0.732. The molecule has 8 heteroatoms.